The van der Waals surface area contributed by atoms with Crippen LogP contribution in [0.3, 0.4) is 0 Å². The first-order valence-electron chi connectivity index (χ1n) is 5.75. The molecule has 96 valence electrons. The molecule has 1 N–H and O–H groups in total. The molecule has 2 aromatic rings. The molecule has 2 heterocycles. The number of furan rings is 1. The molecule has 0 aliphatic rings. The van der Waals surface area contributed by atoms with Gasteiger partial charge < -0.3 is 14.5 Å². The number of nitrogens with one attached hydrogen (secondary N) is 1. The van der Waals surface area contributed by atoms with Crippen LogP contribution in [0.2, 0.25) is 0 Å². The number of ether oxygens (including phenoxy) is 1. The van der Waals surface area contributed by atoms with Gasteiger partial charge in [0.05, 0.1) is 18.9 Å². The van der Waals surface area contributed by atoms with Crippen molar-refractivity contribution in [1.29, 1.82) is 0 Å². The van der Waals surface area contributed by atoms with Gasteiger partial charge in [-0.25, -0.2) is 9.37 Å². The van der Waals surface area contributed by atoms with Crippen LogP contribution >= 0.6 is 0 Å². The second-order valence-electron chi connectivity index (χ2n) is 3.69. The van der Waals surface area contributed by atoms with Crippen molar-refractivity contribution >= 4 is 0 Å². The highest BCUT2D eigenvalue weighted by atomic mass is 19.1. The van der Waals surface area contributed by atoms with Crippen molar-refractivity contribution in [3.63, 3.8) is 0 Å². The Morgan fingerprint density at radius 2 is 2.33 bits per heavy atom. The summed E-state index contributed by atoms with van der Waals surface area (Å²) in [5, 5.41) is 3.01. The van der Waals surface area contributed by atoms with Crippen molar-refractivity contribution in [3.8, 4) is 5.88 Å². The Bertz CT molecular complexity index is 500. The predicted molar refractivity (Wildman–Crippen MR) is 65.0 cm³/mol. The molecule has 0 bridgehead atoms. The lowest BCUT2D eigenvalue weighted by molar-refractivity contribution is 0.304. The first-order valence-corrected chi connectivity index (χ1v) is 5.75. The van der Waals surface area contributed by atoms with E-state index in [0.717, 1.165) is 0 Å². The van der Waals surface area contributed by atoms with Crippen LogP contribution in [0.1, 0.15) is 24.3 Å². The lowest BCUT2D eigenvalue weighted by atomic mass is 10.1. The minimum atomic E-state index is -0.463. The van der Waals surface area contributed by atoms with Gasteiger partial charge in [0, 0.05) is 11.8 Å². The summed E-state index contributed by atoms with van der Waals surface area (Å²) in [7, 11) is 1.74. The standard InChI is InChI=1S/C13H15FN2O2/c1-3-17-13-11(14)9(6-7-16-13)12(15-2)10-5-4-8-18-10/h4-8,12,15H,3H2,1-2H3. The summed E-state index contributed by atoms with van der Waals surface area (Å²) in [6.07, 6.45) is 3.08. The molecule has 0 radical (unpaired) electrons. The Balaban J connectivity index is 2.40. The van der Waals surface area contributed by atoms with E-state index in [1.54, 1.807) is 38.4 Å². The van der Waals surface area contributed by atoms with Crippen LogP contribution < -0.4 is 10.1 Å². The minimum absolute atomic E-state index is 0.0156. The Labute approximate surface area is 105 Å². The third kappa shape index (κ3) is 2.36. The molecule has 1 unspecified atom stereocenters. The molecular weight excluding hydrogens is 235 g/mol. The van der Waals surface area contributed by atoms with Crippen molar-refractivity contribution < 1.29 is 13.5 Å². The number of nitrogens with zero attached hydrogens (tertiary/aromatic N) is 1. The number of rotatable bonds is 5. The molecule has 1 atom stereocenters. The maximum absolute atomic E-state index is 14.2. The van der Waals surface area contributed by atoms with E-state index in [0.29, 0.717) is 17.9 Å². The molecule has 0 saturated heterocycles. The van der Waals surface area contributed by atoms with Gasteiger partial charge in [-0.15, -0.1) is 0 Å². The summed E-state index contributed by atoms with van der Waals surface area (Å²) in [5.74, 6) is 0.196. The molecule has 5 heteroatoms. The fourth-order valence-corrected chi connectivity index (χ4v) is 1.81. The molecular formula is C13H15FN2O2. The first kappa shape index (κ1) is 12.6. The fraction of sp³-hybridized carbons (Fsp3) is 0.308. The molecule has 0 saturated carbocycles. The maximum atomic E-state index is 14.2. The van der Waals surface area contributed by atoms with Gasteiger partial charge in [-0.05, 0) is 32.2 Å². The number of hydrogen-bond acceptors (Lipinski definition) is 4. The van der Waals surface area contributed by atoms with E-state index in [1.165, 1.54) is 6.20 Å². The third-order valence-corrected chi connectivity index (χ3v) is 2.60. The van der Waals surface area contributed by atoms with Gasteiger partial charge in [-0.2, -0.15) is 0 Å². The van der Waals surface area contributed by atoms with E-state index < -0.39 is 5.82 Å². The first-order chi connectivity index (χ1) is 8.77. The Hall–Kier alpha value is -1.88. The highest BCUT2D eigenvalue weighted by molar-refractivity contribution is 5.31. The molecule has 0 aromatic carbocycles. The minimum Gasteiger partial charge on any atom is -0.476 e. The zero-order valence-corrected chi connectivity index (χ0v) is 10.3. The summed E-state index contributed by atoms with van der Waals surface area (Å²) in [4.78, 5) is 3.87. The summed E-state index contributed by atoms with van der Waals surface area (Å²) < 4.78 is 24.7. The van der Waals surface area contributed by atoms with E-state index in [1.807, 2.05) is 0 Å². The molecule has 0 aliphatic carbocycles. The van der Waals surface area contributed by atoms with E-state index in [-0.39, 0.29) is 11.9 Å². The van der Waals surface area contributed by atoms with Crippen molar-refractivity contribution in [3.05, 3.63) is 47.8 Å². The lowest BCUT2D eigenvalue weighted by Crippen LogP contribution is -2.19. The highest BCUT2D eigenvalue weighted by Crippen LogP contribution is 2.27. The lowest BCUT2D eigenvalue weighted by Gasteiger charge is -2.16. The van der Waals surface area contributed by atoms with Gasteiger partial charge in [0.25, 0.3) is 5.88 Å². The highest BCUT2D eigenvalue weighted by Gasteiger charge is 2.21. The Morgan fingerprint density at radius 1 is 1.50 bits per heavy atom. The molecule has 0 amide bonds. The zero-order valence-electron chi connectivity index (χ0n) is 10.3. The Morgan fingerprint density at radius 3 is 2.94 bits per heavy atom. The van der Waals surface area contributed by atoms with E-state index >= 15 is 0 Å². The monoisotopic (exact) mass is 250 g/mol. The van der Waals surface area contributed by atoms with Crippen LogP contribution in [0.4, 0.5) is 4.39 Å². The van der Waals surface area contributed by atoms with Crippen molar-refractivity contribution in [2.24, 2.45) is 0 Å². The van der Waals surface area contributed by atoms with E-state index in [2.05, 4.69) is 10.3 Å². The average molecular weight is 250 g/mol. The van der Waals surface area contributed by atoms with Crippen molar-refractivity contribution in [1.82, 2.24) is 10.3 Å². The molecule has 18 heavy (non-hydrogen) atoms. The number of halogens is 1. The second kappa shape index (κ2) is 5.64. The number of aromatic nitrogens is 1. The number of hydrogen-bond donors (Lipinski definition) is 1. The Kier molecular flexibility index (Phi) is 3.94. The molecule has 0 spiro atoms. The van der Waals surface area contributed by atoms with Gasteiger partial charge in [-0.3, -0.25) is 0 Å². The average Bonchev–Trinajstić information content (AvgIpc) is 2.89. The molecule has 4 nitrogen and oxygen atoms in total. The SMILES string of the molecule is CCOc1nccc(C(NC)c2ccco2)c1F. The van der Waals surface area contributed by atoms with Crippen LogP contribution in [0.15, 0.2) is 35.1 Å². The topological polar surface area (TPSA) is 47.3 Å². The molecule has 2 aromatic heterocycles. The zero-order chi connectivity index (χ0) is 13.0. The van der Waals surface area contributed by atoms with Crippen molar-refractivity contribution in [2.75, 3.05) is 13.7 Å². The maximum Gasteiger partial charge on any atom is 0.250 e. The van der Waals surface area contributed by atoms with Gasteiger partial charge in [0.2, 0.25) is 0 Å². The van der Waals surface area contributed by atoms with Gasteiger partial charge >= 0.3 is 0 Å². The molecule has 0 fully saturated rings. The third-order valence-electron chi connectivity index (χ3n) is 2.60. The predicted octanol–water partition coefficient (Wildman–Crippen LogP) is 2.52. The second-order valence-corrected chi connectivity index (χ2v) is 3.69. The summed E-state index contributed by atoms with van der Waals surface area (Å²) in [6.45, 7) is 2.16. The van der Waals surface area contributed by atoms with Gasteiger partial charge in [0.15, 0.2) is 5.82 Å². The summed E-state index contributed by atoms with van der Waals surface area (Å²) >= 11 is 0. The van der Waals surface area contributed by atoms with Crippen molar-refractivity contribution in [2.45, 2.75) is 13.0 Å². The quantitative estimate of drug-likeness (QED) is 0.885. The van der Waals surface area contributed by atoms with Gasteiger partial charge in [-0.1, -0.05) is 0 Å². The van der Waals surface area contributed by atoms with Gasteiger partial charge in [0.1, 0.15) is 5.76 Å². The van der Waals surface area contributed by atoms with Crippen LogP contribution in [0.5, 0.6) is 5.88 Å². The molecule has 0 aliphatic heterocycles. The van der Waals surface area contributed by atoms with E-state index in [9.17, 15) is 4.39 Å². The smallest absolute Gasteiger partial charge is 0.250 e. The summed E-state index contributed by atoms with van der Waals surface area (Å²) in [5.41, 5.74) is 0.450. The van der Waals surface area contributed by atoms with Crippen LogP contribution in [-0.4, -0.2) is 18.6 Å². The van der Waals surface area contributed by atoms with E-state index in [4.69, 9.17) is 9.15 Å². The van der Waals surface area contributed by atoms with Crippen LogP contribution in [0.25, 0.3) is 0 Å². The van der Waals surface area contributed by atoms with Crippen LogP contribution in [0, 0.1) is 5.82 Å². The fourth-order valence-electron chi connectivity index (χ4n) is 1.81. The summed E-state index contributed by atoms with van der Waals surface area (Å²) in [6, 6.07) is 4.81. The van der Waals surface area contributed by atoms with Crippen LogP contribution in [-0.2, 0) is 0 Å². The number of pyridine rings is 1. The largest absolute Gasteiger partial charge is 0.476 e. The molecule has 2 rings (SSSR count). The normalized spacial score (nSPS) is 12.4.